The van der Waals surface area contributed by atoms with Crippen molar-refractivity contribution >= 4 is 0 Å². The van der Waals surface area contributed by atoms with Crippen molar-refractivity contribution in [3.8, 4) is 0 Å². The summed E-state index contributed by atoms with van der Waals surface area (Å²) in [6, 6.07) is 0. The van der Waals surface area contributed by atoms with Crippen molar-refractivity contribution < 1.29 is 0 Å². The van der Waals surface area contributed by atoms with Gasteiger partial charge in [0.2, 0.25) is 0 Å². The molecule has 7 rings (SSSR count). The van der Waals surface area contributed by atoms with Gasteiger partial charge >= 0.3 is 0 Å². The molecule has 7 aliphatic rings. The fourth-order valence-electron chi connectivity index (χ4n) is 21.4. The molecular formula is C106H186. The number of allylic oxidation sites excluding steroid dienone is 20. The maximum atomic E-state index is 4.01. The lowest BCUT2D eigenvalue weighted by molar-refractivity contribution is 0.181. The normalized spacial score (nSPS) is 30.6. The largest absolute Gasteiger partial charge is 0.103 e. The van der Waals surface area contributed by atoms with Gasteiger partial charge in [0.05, 0.1) is 0 Å². The van der Waals surface area contributed by atoms with Crippen molar-refractivity contribution in [2.24, 2.45) is 142 Å². The predicted molar refractivity (Wildman–Crippen MR) is 484 cm³/mol. The summed E-state index contributed by atoms with van der Waals surface area (Å²) >= 11 is 0. The van der Waals surface area contributed by atoms with Gasteiger partial charge in [-0.2, -0.15) is 0 Å². The topological polar surface area (TPSA) is 0 Å². The Kier molecular flexibility index (Phi) is 53.2. The smallest absolute Gasteiger partial charge is 0.0314 e. The van der Waals surface area contributed by atoms with Gasteiger partial charge in [-0.05, 0) is 347 Å². The van der Waals surface area contributed by atoms with Crippen LogP contribution in [0, 0.1) is 142 Å². The van der Waals surface area contributed by atoms with Crippen LogP contribution < -0.4 is 0 Å². The highest BCUT2D eigenvalue weighted by molar-refractivity contribution is 5.05. The van der Waals surface area contributed by atoms with E-state index < -0.39 is 0 Å². The van der Waals surface area contributed by atoms with Crippen molar-refractivity contribution in [3.63, 3.8) is 0 Å². The summed E-state index contributed by atoms with van der Waals surface area (Å²) in [6.45, 7) is 71.8. The van der Waals surface area contributed by atoms with Crippen molar-refractivity contribution in [1.82, 2.24) is 0 Å². The molecule has 0 aromatic heterocycles. The second kappa shape index (κ2) is 57.0. The molecule has 24 atom stereocenters. The van der Waals surface area contributed by atoms with E-state index in [4.69, 9.17) is 0 Å². The fraction of sp³-hybridized carbons (Fsp3) is 0.774. The molecule has 0 amide bonds. The van der Waals surface area contributed by atoms with E-state index in [0.717, 1.165) is 131 Å². The van der Waals surface area contributed by atoms with Crippen LogP contribution >= 0.6 is 0 Å². The van der Waals surface area contributed by atoms with Gasteiger partial charge in [0, 0.05) is 0 Å². The lowest BCUT2D eigenvalue weighted by atomic mass is 9.70. The molecule has 7 aliphatic carbocycles. The van der Waals surface area contributed by atoms with Crippen LogP contribution in [-0.2, 0) is 0 Å². The average molecular weight is 1460 g/mol. The van der Waals surface area contributed by atoms with Gasteiger partial charge in [-0.15, -0.1) is 26.3 Å². The molecule has 0 aromatic carbocycles. The zero-order valence-electron chi connectivity index (χ0n) is 75.8. The number of fused-ring (bicyclic) bond motifs is 2. The van der Waals surface area contributed by atoms with E-state index >= 15 is 0 Å². The SMILES string of the molecule is C=CCC(C)C(CC=C(C)C)C(CC=C)C(C)CC=C(C)C.C=CCC(C)C1CCCCC(C)C1CC=C.CC(C)=CCC(C)C1CC=CCC(C)C1CC=C(C)C.CC(C)=CCC(C)C1CCCCC(C)C1CC=C(C)C.CC1CCCCC2C(C)CC=CCC12.CC1CCCCC2C(C)CCCCC12. The average Bonchev–Trinajstić information content (AvgIpc) is 1.43. The van der Waals surface area contributed by atoms with Gasteiger partial charge < -0.3 is 0 Å². The standard InChI is InChI=1S/C22H38.C20H36.C20H34.C16H28.C14H26.C14H24/c1-9-11-19(7)22(16-14-18(5)6)21(12-10-2)20(8)15-13-17(3)4;2*1-15(2)11-13-18(6)19-10-8-7-9-17(5)20(19)14-12-16(3)4;1-5-9-13(3)16-12-8-7-11-14(4)15(16)10-6-2;2*1-11-7-3-5-10-14-12(2)8-4-6-9-13(11)14/h9-10,13-14,19-22H,1-2,11-12,15-16H2,3-8H3;11-12,17-20H,7-10,13-14H2,1-6H3;7-8,11-12,17-20H,9-10,13-14H2,1-6H3;5-6,13-16H,1-2,7-12H2,3-4H3;11-14H,3-10H2,1-2H3;3,5,11-14H,4,6-10H2,1-2H3. The molecule has 0 saturated heterocycles. The van der Waals surface area contributed by atoms with E-state index in [9.17, 15) is 0 Å². The summed E-state index contributed by atoms with van der Waals surface area (Å²) in [7, 11) is 0. The van der Waals surface area contributed by atoms with Crippen LogP contribution in [0.2, 0.25) is 0 Å². The Morgan fingerprint density at radius 3 is 1.02 bits per heavy atom. The van der Waals surface area contributed by atoms with E-state index in [1.807, 2.05) is 0 Å². The first kappa shape index (κ1) is 99.0. The summed E-state index contributed by atoms with van der Waals surface area (Å²) in [5.74, 6) is 21.1. The zero-order chi connectivity index (χ0) is 79.3. The highest BCUT2D eigenvalue weighted by Gasteiger charge is 2.37. The first-order valence-corrected chi connectivity index (χ1v) is 46.0. The monoisotopic (exact) mass is 1460 g/mol. The Morgan fingerprint density at radius 1 is 0.274 bits per heavy atom. The van der Waals surface area contributed by atoms with Crippen LogP contribution in [0.15, 0.2) is 145 Å². The van der Waals surface area contributed by atoms with E-state index in [0.29, 0.717) is 23.7 Å². The quantitative estimate of drug-likeness (QED) is 0.0598. The van der Waals surface area contributed by atoms with Gasteiger partial charge in [-0.1, -0.05) is 298 Å². The lowest BCUT2D eigenvalue weighted by Crippen LogP contribution is -2.26. The molecule has 610 valence electrons. The third-order valence-electron chi connectivity index (χ3n) is 28.5. The lowest BCUT2D eigenvalue weighted by Gasteiger charge is -2.34. The second-order valence-electron chi connectivity index (χ2n) is 39.2. The van der Waals surface area contributed by atoms with E-state index in [2.05, 4.69) is 278 Å². The summed E-state index contributed by atoms with van der Waals surface area (Å²) in [5, 5.41) is 0. The maximum absolute atomic E-state index is 4.01. The van der Waals surface area contributed by atoms with Gasteiger partial charge in [0.15, 0.2) is 0 Å². The Hall–Kier alpha value is -3.12. The first-order valence-electron chi connectivity index (χ1n) is 46.0. The predicted octanol–water partition coefficient (Wildman–Crippen LogP) is 35.0. The van der Waals surface area contributed by atoms with Crippen molar-refractivity contribution in [1.29, 1.82) is 0 Å². The van der Waals surface area contributed by atoms with Crippen molar-refractivity contribution in [2.45, 2.75) is 384 Å². The molecule has 0 radical (unpaired) electrons. The van der Waals surface area contributed by atoms with Crippen LogP contribution in [-0.4, -0.2) is 0 Å². The third-order valence-corrected chi connectivity index (χ3v) is 28.5. The second-order valence-corrected chi connectivity index (χ2v) is 39.2. The van der Waals surface area contributed by atoms with Crippen molar-refractivity contribution in [2.75, 3.05) is 0 Å². The Bertz CT molecular complexity index is 2510. The summed E-state index contributed by atoms with van der Waals surface area (Å²) in [4.78, 5) is 0. The summed E-state index contributed by atoms with van der Waals surface area (Å²) in [6.07, 6.45) is 79.4. The summed E-state index contributed by atoms with van der Waals surface area (Å²) < 4.78 is 0. The van der Waals surface area contributed by atoms with E-state index in [1.54, 1.807) is 0 Å². The Morgan fingerprint density at radius 2 is 0.585 bits per heavy atom. The van der Waals surface area contributed by atoms with Crippen LogP contribution in [0.4, 0.5) is 0 Å². The van der Waals surface area contributed by atoms with Crippen LogP contribution in [0.25, 0.3) is 0 Å². The highest BCUT2D eigenvalue weighted by atomic mass is 14.4. The molecule has 0 nitrogen and oxygen atoms in total. The molecule has 0 heteroatoms. The van der Waals surface area contributed by atoms with Gasteiger partial charge in [0.25, 0.3) is 0 Å². The molecule has 24 unspecified atom stereocenters. The number of rotatable bonds is 26. The molecule has 106 heavy (non-hydrogen) atoms. The maximum Gasteiger partial charge on any atom is -0.0314 e. The van der Waals surface area contributed by atoms with E-state index in [-0.39, 0.29) is 0 Å². The van der Waals surface area contributed by atoms with Crippen LogP contribution in [0.5, 0.6) is 0 Å². The number of hydrogen-bond acceptors (Lipinski definition) is 0. The minimum atomic E-state index is 0.673. The van der Waals surface area contributed by atoms with Crippen LogP contribution in [0.3, 0.4) is 0 Å². The molecule has 0 spiro atoms. The van der Waals surface area contributed by atoms with E-state index in [1.165, 1.54) is 239 Å². The Labute approximate surface area is 667 Å². The third kappa shape index (κ3) is 39.4. The first-order chi connectivity index (χ1) is 50.4. The molecule has 0 N–H and O–H groups in total. The van der Waals surface area contributed by atoms with Crippen molar-refractivity contribution in [3.05, 3.63) is 145 Å². The zero-order valence-corrected chi connectivity index (χ0v) is 75.8. The molecule has 0 heterocycles. The summed E-state index contributed by atoms with van der Waals surface area (Å²) in [5.41, 5.74) is 8.71. The minimum absolute atomic E-state index is 0.673. The van der Waals surface area contributed by atoms with Gasteiger partial charge in [0.1, 0.15) is 0 Å². The van der Waals surface area contributed by atoms with Gasteiger partial charge in [-0.3, -0.25) is 0 Å². The molecule has 0 aliphatic heterocycles. The number of hydrogen-bond donors (Lipinski definition) is 0. The molecule has 0 bridgehead atoms. The molecule has 5 saturated carbocycles. The molecule has 5 fully saturated rings. The minimum Gasteiger partial charge on any atom is -0.103 e. The van der Waals surface area contributed by atoms with Gasteiger partial charge in [-0.25, -0.2) is 0 Å². The Balaban J connectivity index is 0.000000435. The molecular weight excluding hydrogens is 1270 g/mol. The van der Waals surface area contributed by atoms with Crippen LogP contribution in [0.1, 0.15) is 384 Å². The molecule has 0 aromatic rings. The highest BCUT2D eigenvalue weighted by Crippen LogP contribution is 2.47. The fourth-order valence-corrected chi connectivity index (χ4v) is 21.4.